The van der Waals surface area contributed by atoms with Crippen molar-refractivity contribution in [3.8, 4) is 11.1 Å². The van der Waals surface area contributed by atoms with Crippen LogP contribution in [0, 0.1) is 0 Å². The first-order valence-corrected chi connectivity index (χ1v) is 15.7. The summed E-state index contributed by atoms with van der Waals surface area (Å²) < 4.78 is 0. The number of hydrogen-bond donors (Lipinski definition) is 0. The minimum atomic E-state index is 1.08. The molecule has 0 bridgehead atoms. The average molecular weight is 589 g/mol. The van der Waals surface area contributed by atoms with E-state index in [1.807, 2.05) is 0 Å². The van der Waals surface area contributed by atoms with Crippen molar-refractivity contribution < 1.29 is 0 Å². The molecule has 0 saturated heterocycles. The normalized spacial score (nSPS) is 11.0. The molecule has 0 aromatic heterocycles. The average Bonchev–Trinajstić information content (AvgIpc) is 3.13. The Morgan fingerprint density at radius 3 is 1.48 bits per heavy atom. The second-order valence-electron chi connectivity index (χ2n) is 11.4. The molecule has 0 heterocycles. The number of para-hydroxylation sites is 2. The van der Waals surface area contributed by atoms with Crippen LogP contribution in [-0.2, 0) is 0 Å². The quantitative estimate of drug-likeness (QED) is 0.183. The maximum Gasteiger partial charge on any atom is 0.0546 e. The highest BCUT2D eigenvalue weighted by Crippen LogP contribution is 2.46. The predicted octanol–water partition coefficient (Wildman–Crippen LogP) is 12.6. The van der Waals surface area contributed by atoms with Crippen molar-refractivity contribution in [2.24, 2.45) is 0 Å². The number of hydrogen-bond acceptors (Lipinski definition) is 2. The SMILES string of the molecule is c1ccc(-c2c(N(c3cccc(N(c4ccccc4)c4ccccc4)c3)c3ccc4ccccc4c3)ccc3ccccc23)cc1. The Balaban J connectivity index is 1.39. The topological polar surface area (TPSA) is 6.48 Å². The minimum Gasteiger partial charge on any atom is -0.310 e. The zero-order valence-corrected chi connectivity index (χ0v) is 25.4. The molecule has 2 nitrogen and oxygen atoms in total. The maximum atomic E-state index is 2.42. The zero-order valence-electron chi connectivity index (χ0n) is 25.4. The van der Waals surface area contributed by atoms with Crippen molar-refractivity contribution in [3.05, 3.63) is 194 Å². The van der Waals surface area contributed by atoms with Gasteiger partial charge in [-0.15, -0.1) is 0 Å². The molecule has 0 spiro atoms. The first-order valence-electron chi connectivity index (χ1n) is 15.7. The fraction of sp³-hybridized carbons (Fsp3) is 0. The number of benzene rings is 8. The van der Waals surface area contributed by atoms with E-state index < -0.39 is 0 Å². The maximum absolute atomic E-state index is 2.42. The lowest BCUT2D eigenvalue weighted by Gasteiger charge is -2.31. The van der Waals surface area contributed by atoms with Gasteiger partial charge in [0, 0.05) is 34.0 Å². The monoisotopic (exact) mass is 588 g/mol. The van der Waals surface area contributed by atoms with Crippen molar-refractivity contribution in [3.63, 3.8) is 0 Å². The Hall–Kier alpha value is -6.12. The summed E-state index contributed by atoms with van der Waals surface area (Å²) in [5.74, 6) is 0. The molecule has 8 rings (SSSR count). The molecule has 8 aromatic rings. The number of nitrogens with zero attached hydrogens (tertiary/aromatic N) is 2. The van der Waals surface area contributed by atoms with Crippen molar-refractivity contribution in [1.29, 1.82) is 0 Å². The van der Waals surface area contributed by atoms with Gasteiger partial charge in [-0.3, -0.25) is 0 Å². The number of anilines is 6. The Morgan fingerprint density at radius 2 is 0.783 bits per heavy atom. The molecule has 0 amide bonds. The van der Waals surface area contributed by atoms with Gasteiger partial charge in [-0.2, -0.15) is 0 Å². The van der Waals surface area contributed by atoms with E-state index in [4.69, 9.17) is 0 Å². The van der Waals surface area contributed by atoms with Crippen LogP contribution in [0.2, 0.25) is 0 Å². The fourth-order valence-electron chi connectivity index (χ4n) is 6.47. The lowest BCUT2D eigenvalue weighted by molar-refractivity contribution is 1.25. The third kappa shape index (κ3) is 5.16. The molecular formula is C44H32N2. The molecule has 0 atom stereocenters. The Labute approximate surface area is 270 Å². The molecule has 218 valence electrons. The van der Waals surface area contributed by atoms with E-state index >= 15 is 0 Å². The Kier molecular flexibility index (Phi) is 7.22. The minimum absolute atomic E-state index is 1.08. The first kappa shape index (κ1) is 27.4. The van der Waals surface area contributed by atoms with Crippen LogP contribution in [0.3, 0.4) is 0 Å². The molecule has 0 unspecified atom stereocenters. The van der Waals surface area contributed by atoms with Crippen LogP contribution in [0.5, 0.6) is 0 Å². The number of fused-ring (bicyclic) bond motifs is 2. The van der Waals surface area contributed by atoms with Gasteiger partial charge in [-0.25, -0.2) is 0 Å². The molecule has 46 heavy (non-hydrogen) atoms. The molecule has 0 radical (unpaired) electrons. The second kappa shape index (κ2) is 12.1. The van der Waals surface area contributed by atoms with Gasteiger partial charge in [-0.05, 0) is 87.8 Å². The van der Waals surface area contributed by atoms with Crippen LogP contribution >= 0.6 is 0 Å². The van der Waals surface area contributed by atoms with Gasteiger partial charge in [0.2, 0.25) is 0 Å². The van der Waals surface area contributed by atoms with Crippen LogP contribution in [0.15, 0.2) is 194 Å². The van der Waals surface area contributed by atoms with Crippen LogP contribution in [0.25, 0.3) is 32.7 Å². The van der Waals surface area contributed by atoms with E-state index in [0.29, 0.717) is 0 Å². The highest BCUT2D eigenvalue weighted by atomic mass is 15.2. The molecule has 0 aliphatic carbocycles. The van der Waals surface area contributed by atoms with E-state index in [9.17, 15) is 0 Å². The van der Waals surface area contributed by atoms with Crippen molar-refractivity contribution >= 4 is 55.7 Å². The van der Waals surface area contributed by atoms with Gasteiger partial charge in [-0.1, -0.05) is 133 Å². The summed E-state index contributed by atoms with van der Waals surface area (Å²) in [4.78, 5) is 4.74. The molecule has 8 aromatic carbocycles. The van der Waals surface area contributed by atoms with E-state index in [1.54, 1.807) is 0 Å². The largest absolute Gasteiger partial charge is 0.310 e. The smallest absolute Gasteiger partial charge is 0.0546 e. The van der Waals surface area contributed by atoms with Gasteiger partial charge >= 0.3 is 0 Å². The fourth-order valence-corrected chi connectivity index (χ4v) is 6.47. The van der Waals surface area contributed by atoms with Crippen molar-refractivity contribution in [2.45, 2.75) is 0 Å². The van der Waals surface area contributed by atoms with Crippen LogP contribution < -0.4 is 9.80 Å². The van der Waals surface area contributed by atoms with Crippen molar-refractivity contribution in [1.82, 2.24) is 0 Å². The van der Waals surface area contributed by atoms with Crippen LogP contribution in [0.1, 0.15) is 0 Å². The molecule has 0 saturated carbocycles. The summed E-state index contributed by atoms with van der Waals surface area (Å²) in [6, 6.07) is 69.4. The van der Waals surface area contributed by atoms with Gasteiger partial charge in [0.25, 0.3) is 0 Å². The molecule has 0 fully saturated rings. The standard InChI is InChI=1S/C44H32N2/c1-4-17-35(18-5-1)44-42-26-13-12-16-34(42)28-30-43(44)46(41-29-27-33-15-10-11-19-36(33)31-41)40-25-14-24-39(32-40)45(37-20-6-2-7-21-37)38-22-8-3-9-23-38/h1-32H. The van der Waals surface area contributed by atoms with Crippen LogP contribution in [0.4, 0.5) is 34.1 Å². The molecular weight excluding hydrogens is 556 g/mol. The highest BCUT2D eigenvalue weighted by Gasteiger charge is 2.21. The molecule has 0 aliphatic heterocycles. The Bertz CT molecular complexity index is 2220. The van der Waals surface area contributed by atoms with Crippen LogP contribution in [-0.4, -0.2) is 0 Å². The molecule has 2 heteroatoms. The summed E-state index contributed by atoms with van der Waals surface area (Å²) >= 11 is 0. The first-order chi connectivity index (χ1) is 22.8. The van der Waals surface area contributed by atoms with Crippen molar-refractivity contribution in [2.75, 3.05) is 9.80 Å². The third-order valence-corrected chi connectivity index (χ3v) is 8.58. The van der Waals surface area contributed by atoms with Gasteiger partial charge in [0.15, 0.2) is 0 Å². The lowest BCUT2D eigenvalue weighted by atomic mass is 9.95. The highest BCUT2D eigenvalue weighted by molar-refractivity contribution is 6.06. The van der Waals surface area contributed by atoms with E-state index in [0.717, 1.165) is 34.1 Å². The lowest BCUT2D eigenvalue weighted by Crippen LogP contribution is -2.14. The van der Waals surface area contributed by atoms with Gasteiger partial charge < -0.3 is 9.80 Å². The summed E-state index contributed by atoms with van der Waals surface area (Å²) in [7, 11) is 0. The number of rotatable bonds is 7. The van der Waals surface area contributed by atoms with Gasteiger partial charge in [0.05, 0.1) is 5.69 Å². The summed E-state index contributed by atoms with van der Waals surface area (Å²) in [5, 5.41) is 4.87. The van der Waals surface area contributed by atoms with E-state index in [1.165, 1.54) is 32.7 Å². The molecule has 0 aliphatic rings. The van der Waals surface area contributed by atoms with E-state index in [-0.39, 0.29) is 0 Å². The Morgan fingerprint density at radius 1 is 0.283 bits per heavy atom. The third-order valence-electron chi connectivity index (χ3n) is 8.58. The van der Waals surface area contributed by atoms with Gasteiger partial charge in [0.1, 0.15) is 0 Å². The van der Waals surface area contributed by atoms with E-state index in [2.05, 4.69) is 204 Å². The second-order valence-corrected chi connectivity index (χ2v) is 11.4. The predicted molar refractivity (Wildman–Crippen MR) is 196 cm³/mol. The molecule has 0 N–H and O–H groups in total. The summed E-state index contributed by atoms with van der Waals surface area (Å²) in [6.07, 6.45) is 0. The summed E-state index contributed by atoms with van der Waals surface area (Å²) in [6.45, 7) is 0. The zero-order chi connectivity index (χ0) is 30.7. The summed E-state index contributed by atoms with van der Waals surface area (Å²) in [5.41, 5.74) is 9.02.